The van der Waals surface area contributed by atoms with Gasteiger partial charge in [-0.3, -0.25) is 14.5 Å². The minimum Gasteiger partial charge on any atom is -0.354 e. The first kappa shape index (κ1) is 19.8. The van der Waals surface area contributed by atoms with Crippen LogP contribution in [0.1, 0.15) is 59.4 Å². The standard InChI is InChI=1S/C22H28N2O2S/c1-17(25)21-13-18(16-27-21)14-22(26)23-15-20(19-9-5-4-6-10-19)24-11-7-2-3-8-12-24/h4-6,9-10,13,16,20H,2-3,7-8,11-12,14-15H2,1H3,(H,23,26)/t20-/m0/s1. The summed E-state index contributed by atoms with van der Waals surface area (Å²) in [5, 5.41) is 5.03. The summed E-state index contributed by atoms with van der Waals surface area (Å²) in [5.74, 6) is 0.0654. The van der Waals surface area contributed by atoms with E-state index >= 15 is 0 Å². The Labute approximate surface area is 165 Å². The summed E-state index contributed by atoms with van der Waals surface area (Å²) < 4.78 is 0. The van der Waals surface area contributed by atoms with Crippen LogP contribution in [0.4, 0.5) is 0 Å². The Hall–Kier alpha value is -1.98. The van der Waals surface area contributed by atoms with Gasteiger partial charge in [0.25, 0.3) is 0 Å². The van der Waals surface area contributed by atoms with E-state index in [1.165, 1.54) is 42.6 Å². The molecule has 1 amide bonds. The van der Waals surface area contributed by atoms with E-state index in [1.54, 1.807) is 6.92 Å². The van der Waals surface area contributed by atoms with E-state index in [9.17, 15) is 9.59 Å². The number of nitrogens with one attached hydrogen (secondary N) is 1. The number of amides is 1. The average molecular weight is 385 g/mol. The molecule has 3 rings (SSSR count). The SMILES string of the molecule is CC(=O)c1cc(CC(=O)NC[C@@H](c2ccccc2)N2CCCCCC2)cs1. The normalized spacial score (nSPS) is 16.5. The van der Waals surface area contributed by atoms with Crippen molar-refractivity contribution in [3.05, 3.63) is 57.8 Å². The second-order valence-electron chi connectivity index (χ2n) is 7.23. The molecule has 0 aliphatic carbocycles. The van der Waals surface area contributed by atoms with Crippen molar-refractivity contribution in [2.45, 2.75) is 45.1 Å². The molecule has 0 unspecified atom stereocenters. The molecule has 0 bridgehead atoms. The minimum atomic E-state index is 0.0126. The lowest BCUT2D eigenvalue weighted by atomic mass is 10.0. The number of hydrogen-bond donors (Lipinski definition) is 1. The van der Waals surface area contributed by atoms with Gasteiger partial charge in [-0.1, -0.05) is 43.2 Å². The van der Waals surface area contributed by atoms with E-state index in [4.69, 9.17) is 0 Å². The molecule has 1 atom stereocenters. The lowest BCUT2D eigenvalue weighted by Crippen LogP contribution is -2.39. The van der Waals surface area contributed by atoms with Crippen molar-refractivity contribution in [1.29, 1.82) is 0 Å². The van der Waals surface area contributed by atoms with Crippen LogP contribution in [0.2, 0.25) is 0 Å². The van der Waals surface area contributed by atoms with E-state index in [-0.39, 0.29) is 17.7 Å². The number of nitrogens with zero attached hydrogens (tertiary/aromatic N) is 1. The molecular formula is C22H28N2O2S. The molecule has 1 fully saturated rings. The van der Waals surface area contributed by atoms with E-state index in [1.807, 2.05) is 17.5 Å². The lowest BCUT2D eigenvalue weighted by molar-refractivity contribution is -0.120. The molecule has 0 spiro atoms. The quantitative estimate of drug-likeness (QED) is 0.727. The topological polar surface area (TPSA) is 49.4 Å². The van der Waals surface area contributed by atoms with Crippen LogP contribution < -0.4 is 5.32 Å². The number of ketones is 1. The van der Waals surface area contributed by atoms with Gasteiger partial charge in [0.2, 0.25) is 5.91 Å². The molecule has 0 radical (unpaired) electrons. The zero-order valence-corrected chi connectivity index (χ0v) is 16.8. The Balaban J connectivity index is 1.62. The first-order valence-electron chi connectivity index (χ1n) is 9.77. The molecule has 1 saturated heterocycles. The van der Waals surface area contributed by atoms with Crippen LogP contribution in [0, 0.1) is 0 Å². The molecule has 2 aromatic rings. The van der Waals surface area contributed by atoms with Crippen molar-refractivity contribution in [1.82, 2.24) is 10.2 Å². The van der Waals surface area contributed by atoms with E-state index in [2.05, 4.69) is 34.5 Å². The highest BCUT2D eigenvalue weighted by atomic mass is 32.1. The fourth-order valence-corrected chi connectivity index (χ4v) is 4.47. The number of Topliss-reactive ketones (excluding diaryl/α,β-unsaturated/α-hetero) is 1. The summed E-state index contributed by atoms with van der Waals surface area (Å²) >= 11 is 1.41. The Kier molecular flexibility index (Phi) is 7.18. The third-order valence-electron chi connectivity index (χ3n) is 5.12. The predicted octanol–water partition coefficient (Wildman–Crippen LogP) is 4.23. The van der Waals surface area contributed by atoms with Crippen LogP contribution in [0.5, 0.6) is 0 Å². The van der Waals surface area contributed by atoms with Gasteiger partial charge in [-0.15, -0.1) is 11.3 Å². The average Bonchev–Trinajstić information content (AvgIpc) is 2.97. The van der Waals surface area contributed by atoms with E-state index in [0.29, 0.717) is 17.8 Å². The van der Waals surface area contributed by atoms with Crippen LogP contribution in [0.25, 0.3) is 0 Å². The van der Waals surface area contributed by atoms with Gasteiger partial charge in [0.15, 0.2) is 5.78 Å². The van der Waals surface area contributed by atoms with Gasteiger partial charge in [-0.25, -0.2) is 0 Å². The number of likely N-dealkylation sites (tertiary alicyclic amines) is 1. The van der Waals surface area contributed by atoms with Crippen molar-refractivity contribution in [3.8, 4) is 0 Å². The molecule has 0 saturated carbocycles. The van der Waals surface area contributed by atoms with Gasteiger partial charge in [0.1, 0.15) is 0 Å². The third kappa shape index (κ3) is 5.75. The van der Waals surface area contributed by atoms with Crippen molar-refractivity contribution in [2.24, 2.45) is 0 Å². The van der Waals surface area contributed by atoms with Crippen molar-refractivity contribution in [3.63, 3.8) is 0 Å². The van der Waals surface area contributed by atoms with E-state index in [0.717, 1.165) is 18.7 Å². The maximum atomic E-state index is 12.5. The number of thiophene rings is 1. The summed E-state index contributed by atoms with van der Waals surface area (Å²) in [7, 11) is 0. The highest BCUT2D eigenvalue weighted by Crippen LogP contribution is 2.24. The van der Waals surface area contributed by atoms with Gasteiger partial charge >= 0.3 is 0 Å². The van der Waals surface area contributed by atoms with Crippen LogP contribution >= 0.6 is 11.3 Å². The monoisotopic (exact) mass is 384 g/mol. The first-order chi connectivity index (χ1) is 13.1. The summed E-state index contributed by atoms with van der Waals surface area (Å²) in [6, 6.07) is 12.5. The molecule has 1 N–H and O–H groups in total. The minimum absolute atomic E-state index is 0.0126. The molecule has 4 nitrogen and oxygen atoms in total. The first-order valence-corrected chi connectivity index (χ1v) is 10.7. The second-order valence-corrected chi connectivity index (χ2v) is 8.14. The van der Waals surface area contributed by atoms with Crippen LogP contribution in [0.15, 0.2) is 41.8 Å². The highest BCUT2D eigenvalue weighted by Gasteiger charge is 2.22. The van der Waals surface area contributed by atoms with Gasteiger partial charge in [0.05, 0.1) is 17.3 Å². The summed E-state index contributed by atoms with van der Waals surface area (Å²) in [5.41, 5.74) is 2.17. The molecule has 1 aromatic heterocycles. The second kappa shape index (κ2) is 9.81. The number of benzene rings is 1. The zero-order valence-electron chi connectivity index (χ0n) is 15.9. The van der Waals surface area contributed by atoms with Gasteiger partial charge in [0, 0.05) is 6.54 Å². The molecule has 27 heavy (non-hydrogen) atoms. The summed E-state index contributed by atoms with van der Waals surface area (Å²) in [6.45, 7) is 4.34. The maximum absolute atomic E-state index is 12.5. The van der Waals surface area contributed by atoms with Crippen molar-refractivity contribution >= 4 is 23.0 Å². The molecule has 2 heterocycles. The van der Waals surface area contributed by atoms with Gasteiger partial charge in [-0.2, -0.15) is 0 Å². The van der Waals surface area contributed by atoms with Crippen LogP contribution in [0.3, 0.4) is 0 Å². The van der Waals surface area contributed by atoms with Gasteiger partial charge in [-0.05, 0) is 55.4 Å². The van der Waals surface area contributed by atoms with E-state index < -0.39 is 0 Å². The summed E-state index contributed by atoms with van der Waals surface area (Å²) in [6.07, 6.45) is 5.35. The maximum Gasteiger partial charge on any atom is 0.224 e. The Bertz CT molecular complexity index is 749. The molecule has 1 aromatic carbocycles. The molecule has 5 heteroatoms. The Morgan fingerprint density at radius 2 is 1.81 bits per heavy atom. The Morgan fingerprint density at radius 3 is 2.44 bits per heavy atom. The van der Waals surface area contributed by atoms with Crippen LogP contribution in [-0.4, -0.2) is 36.2 Å². The zero-order chi connectivity index (χ0) is 19.1. The molecule has 1 aliphatic heterocycles. The fraction of sp³-hybridized carbons (Fsp3) is 0.455. The molecular weight excluding hydrogens is 356 g/mol. The van der Waals surface area contributed by atoms with Gasteiger partial charge < -0.3 is 5.32 Å². The fourth-order valence-electron chi connectivity index (χ4n) is 3.65. The largest absolute Gasteiger partial charge is 0.354 e. The number of rotatable bonds is 7. The lowest BCUT2D eigenvalue weighted by Gasteiger charge is -2.31. The number of carbonyl (C=O) groups is 2. The van der Waals surface area contributed by atoms with Crippen LogP contribution in [-0.2, 0) is 11.2 Å². The highest BCUT2D eigenvalue weighted by molar-refractivity contribution is 7.12. The van der Waals surface area contributed by atoms with Crippen molar-refractivity contribution < 1.29 is 9.59 Å². The molecule has 1 aliphatic rings. The third-order valence-corrected chi connectivity index (χ3v) is 6.20. The number of carbonyl (C=O) groups excluding carboxylic acids is 2. The smallest absolute Gasteiger partial charge is 0.224 e. The molecule has 144 valence electrons. The summed E-state index contributed by atoms with van der Waals surface area (Å²) in [4.78, 5) is 27.1. The predicted molar refractivity (Wildman–Crippen MR) is 110 cm³/mol. The van der Waals surface area contributed by atoms with Crippen molar-refractivity contribution in [2.75, 3.05) is 19.6 Å². The Morgan fingerprint density at radius 1 is 1.11 bits per heavy atom. The number of hydrogen-bond acceptors (Lipinski definition) is 4.